The molecular weight excluding hydrogens is 228 g/mol. The lowest BCUT2D eigenvalue weighted by atomic mass is 10.1. The summed E-state index contributed by atoms with van der Waals surface area (Å²) in [4.78, 5) is 14.0. The highest BCUT2D eigenvalue weighted by atomic mass is 16.5. The number of hydrogen-bond acceptors (Lipinski definition) is 4. The predicted molar refractivity (Wildman–Crippen MR) is 71.4 cm³/mol. The molecule has 2 rings (SSSR count). The smallest absolute Gasteiger partial charge is 0.333 e. The van der Waals surface area contributed by atoms with E-state index in [4.69, 9.17) is 4.74 Å². The Morgan fingerprint density at radius 2 is 2.28 bits per heavy atom. The van der Waals surface area contributed by atoms with Crippen LogP contribution in [0.4, 0.5) is 0 Å². The highest BCUT2D eigenvalue weighted by Gasteiger charge is 2.36. The van der Waals surface area contributed by atoms with Gasteiger partial charge in [-0.3, -0.25) is 4.90 Å². The highest BCUT2D eigenvalue weighted by Crippen LogP contribution is 2.27. The fourth-order valence-corrected chi connectivity index (χ4v) is 3.16. The number of fused-ring (bicyclic) bond motifs is 1. The number of hydrogen-bond donors (Lipinski definition) is 1. The molecule has 0 aliphatic carbocycles. The molecule has 2 aliphatic rings. The van der Waals surface area contributed by atoms with E-state index in [1.54, 1.807) is 0 Å². The van der Waals surface area contributed by atoms with Crippen LogP contribution < -0.4 is 5.32 Å². The lowest BCUT2D eigenvalue weighted by molar-refractivity contribution is -0.136. The van der Waals surface area contributed by atoms with Crippen molar-refractivity contribution in [2.75, 3.05) is 26.7 Å². The summed E-state index contributed by atoms with van der Waals surface area (Å²) >= 11 is 0. The second kappa shape index (κ2) is 6.34. The summed E-state index contributed by atoms with van der Waals surface area (Å²) in [5, 5.41) is 3.57. The third-order valence-corrected chi connectivity index (χ3v) is 4.16. The van der Waals surface area contributed by atoms with Crippen LogP contribution in [0.25, 0.3) is 0 Å². The molecule has 4 heteroatoms. The molecule has 1 N–H and O–H groups in total. The van der Waals surface area contributed by atoms with E-state index in [1.165, 1.54) is 39.5 Å². The first-order valence-corrected chi connectivity index (χ1v) is 7.01. The monoisotopic (exact) mass is 252 g/mol. The first-order chi connectivity index (χ1) is 8.76. The standard InChI is InChI=1S/C14H24N2O2/c1-3-11(14(17)18-2)6-8-15-12-7-10-16-9-4-5-13(12)16/h6,12-13,15H,3-5,7-10H2,1-2H3. The molecule has 0 bridgehead atoms. The van der Waals surface area contributed by atoms with Crippen LogP contribution in [0.5, 0.6) is 0 Å². The van der Waals surface area contributed by atoms with Gasteiger partial charge in [-0.15, -0.1) is 0 Å². The summed E-state index contributed by atoms with van der Waals surface area (Å²) in [7, 11) is 1.44. The van der Waals surface area contributed by atoms with E-state index in [9.17, 15) is 4.79 Å². The number of carbonyl (C=O) groups is 1. The van der Waals surface area contributed by atoms with Crippen LogP contribution >= 0.6 is 0 Å². The largest absolute Gasteiger partial charge is 0.466 e. The van der Waals surface area contributed by atoms with Crippen LogP contribution in [0.3, 0.4) is 0 Å². The fourth-order valence-electron chi connectivity index (χ4n) is 3.16. The lowest BCUT2D eigenvalue weighted by Crippen LogP contribution is -2.39. The molecule has 0 spiro atoms. The van der Waals surface area contributed by atoms with Crippen molar-refractivity contribution >= 4 is 5.97 Å². The minimum absolute atomic E-state index is 0.201. The van der Waals surface area contributed by atoms with Crippen molar-refractivity contribution in [1.82, 2.24) is 10.2 Å². The van der Waals surface area contributed by atoms with Gasteiger partial charge in [0.25, 0.3) is 0 Å². The summed E-state index contributed by atoms with van der Waals surface area (Å²) < 4.78 is 4.75. The summed E-state index contributed by atoms with van der Waals surface area (Å²) in [6.45, 7) is 5.25. The Kier molecular flexibility index (Phi) is 4.78. The zero-order valence-electron chi connectivity index (χ0n) is 11.4. The number of carbonyl (C=O) groups excluding carboxylic acids is 1. The average molecular weight is 252 g/mol. The zero-order chi connectivity index (χ0) is 13.0. The van der Waals surface area contributed by atoms with Crippen molar-refractivity contribution in [3.8, 4) is 0 Å². The summed E-state index contributed by atoms with van der Waals surface area (Å²) in [5.41, 5.74) is 0.770. The first-order valence-electron chi connectivity index (χ1n) is 7.01. The number of rotatable bonds is 5. The maximum Gasteiger partial charge on any atom is 0.333 e. The lowest BCUT2D eigenvalue weighted by Gasteiger charge is -2.20. The topological polar surface area (TPSA) is 41.6 Å². The maximum atomic E-state index is 11.4. The van der Waals surface area contributed by atoms with Crippen molar-refractivity contribution in [2.24, 2.45) is 0 Å². The highest BCUT2D eigenvalue weighted by molar-refractivity contribution is 5.88. The zero-order valence-corrected chi connectivity index (χ0v) is 11.4. The van der Waals surface area contributed by atoms with Crippen molar-refractivity contribution in [3.63, 3.8) is 0 Å². The SMILES string of the molecule is CCC(=CCNC1CCN2CCCC12)C(=O)OC. The summed E-state index contributed by atoms with van der Waals surface area (Å²) in [6.07, 6.45) is 6.59. The summed E-state index contributed by atoms with van der Waals surface area (Å²) in [6, 6.07) is 1.32. The van der Waals surface area contributed by atoms with Crippen LogP contribution in [0, 0.1) is 0 Å². The van der Waals surface area contributed by atoms with Gasteiger partial charge in [0, 0.05) is 30.7 Å². The van der Waals surface area contributed by atoms with Gasteiger partial charge in [-0.05, 0) is 32.2 Å². The van der Waals surface area contributed by atoms with E-state index in [0.29, 0.717) is 6.04 Å². The van der Waals surface area contributed by atoms with Gasteiger partial charge in [-0.25, -0.2) is 4.79 Å². The van der Waals surface area contributed by atoms with Crippen LogP contribution in [0.2, 0.25) is 0 Å². The number of nitrogens with one attached hydrogen (secondary N) is 1. The third-order valence-electron chi connectivity index (χ3n) is 4.16. The number of esters is 1. The van der Waals surface area contributed by atoms with Gasteiger partial charge in [0.2, 0.25) is 0 Å². The Morgan fingerprint density at radius 3 is 3.00 bits per heavy atom. The van der Waals surface area contributed by atoms with Gasteiger partial charge in [0.1, 0.15) is 0 Å². The van der Waals surface area contributed by atoms with E-state index >= 15 is 0 Å². The Bertz CT molecular complexity index is 328. The normalized spacial score (nSPS) is 28.4. The average Bonchev–Trinajstić information content (AvgIpc) is 2.97. The minimum Gasteiger partial charge on any atom is -0.466 e. The van der Waals surface area contributed by atoms with E-state index in [1.807, 2.05) is 13.0 Å². The number of methoxy groups -OCH3 is 1. The molecule has 0 aromatic carbocycles. The van der Waals surface area contributed by atoms with Crippen LogP contribution in [0.15, 0.2) is 11.6 Å². The van der Waals surface area contributed by atoms with Crippen molar-refractivity contribution in [3.05, 3.63) is 11.6 Å². The molecule has 102 valence electrons. The molecule has 2 atom stereocenters. The molecule has 0 amide bonds. The molecule has 2 aliphatic heterocycles. The first kappa shape index (κ1) is 13.6. The van der Waals surface area contributed by atoms with Gasteiger partial charge in [0.15, 0.2) is 0 Å². The molecule has 2 heterocycles. The fraction of sp³-hybridized carbons (Fsp3) is 0.786. The van der Waals surface area contributed by atoms with Crippen molar-refractivity contribution in [1.29, 1.82) is 0 Å². The molecule has 2 saturated heterocycles. The van der Waals surface area contributed by atoms with Crippen LogP contribution in [-0.2, 0) is 9.53 Å². The molecule has 4 nitrogen and oxygen atoms in total. The van der Waals surface area contributed by atoms with Gasteiger partial charge in [-0.1, -0.05) is 13.0 Å². The quantitative estimate of drug-likeness (QED) is 0.592. The summed E-state index contributed by atoms with van der Waals surface area (Å²) in [5.74, 6) is -0.201. The predicted octanol–water partition coefficient (Wildman–Crippen LogP) is 1.32. The molecule has 0 aromatic heterocycles. The second-order valence-corrected chi connectivity index (χ2v) is 5.12. The molecule has 2 unspecified atom stereocenters. The van der Waals surface area contributed by atoms with E-state index in [0.717, 1.165) is 24.6 Å². The van der Waals surface area contributed by atoms with Gasteiger partial charge in [-0.2, -0.15) is 0 Å². The molecule has 2 fully saturated rings. The number of ether oxygens (including phenoxy) is 1. The Morgan fingerprint density at radius 1 is 1.44 bits per heavy atom. The molecular formula is C14H24N2O2. The maximum absolute atomic E-state index is 11.4. The van der Waals surface area contributed by atoms with Crippen molar-refractivity contribution < 1.29 is 9.53 Å². The van der Waals surface area contributed by atoms with E-state index in [-0.39, 0.29) is 5.97 Å². The van der Waals surface area contributed by atoms with Crippen molar-refractivity contribution in [2.45, 2.75) is 44.7 Å². The van der Waals surface area contributed by atoms with E-state index < -0.39 is 0 Å². The number of nitrogens with zero attached hydrogens (tertiary/aromatic N) is 1. The minimum atomic E-state index is -0.201. The van der Waals surface area contributed by atoms with Crippen LogP contribution in [0.1, 0.15) is 32.6 Å². The molecule has 0 aromatic rings. The Balaban J connectivity index is 1.81. The molecule has 0 radical (unpaired) electrons. The molecule has 0 saturated carbocycles. The van der Waals surface area contributed by atoms with Gasteiger partial charge >= 0.3 is 5.97 Å². The Hall–Kier alpha value is -0.870. The van der Waals surface area contributed by atoms with Gasteiger partial charge in [0.05, 0.1) is 7.11 Å². The van der Waals surface area contributed by atoms with Crippen LogP contribution in [-0.4, -0.2) is 49.7 Å². The van der Waals surface area contributed by atoms with E-state index in [2.05, 4.69) is 10.2 Å². The Labute approximate surface area is 109 Å². The second-order valence-electron chi connectivity index (χ2n) is 5.12. The van der Waals surface area contributed by atoms with Gasteiger partial charge < -0.3 is 10.1 Å². The molecule has 18 heavy (non-hydrogen) atoms. The third kappa shape index (κ3) is 2.93.